The van der Waals surface area contributed by atoms with E-state index >= 15 is 0 Å². The minimum Gasteiger partial charge on any atom is -0.497 e. The molecule has 0 fully saturated rings. The standard InChI is InChI=1S/C16H19N3O/c1-12-5-3-4-6-13(12)11-18-16(17)19-14-7-9-15(20-2)10-8-14/h3-10H,11H2,1-2H3,(H3,17,18,19). The molecule has 0 unspecified atom stereocenters. The zero-order valence-corrected chi connectivity index (χ0v) is 11.8. The van der Waals surface area contributed by atoms with Gasteiger partial charge in [0.05, 0.1) is 13.7 Å². The number of ether oxygens (including phenoxy) is 1. The Bertz CT molecular complexity index is 591. The fourth-order valence-electron chi connectivity index (χ4n) is 1.82. The number of methoxy groups -OCH3 is 1. The summed E-state index contributed by atoms with van der Waals surface area (Å²) in [6, 6.07) is 15.7. The second-order valence-electron chi connectivity index (χ2n) is 4.48. The van der Waals surface area contributed by atoms with Crippen molar-refractivity contribution in [1.82, 2.24) is 0 Å². The zero-order chi connectivity index (χ0) is 14.4. The molecule has 2 rings (SSSR count). The van der Waals surface area contributed by atoms with Gasteiger partial charge in [-0.25, -0.2) is 4.99 Å². The third-order valence-electron chi connectivity index (χ3n) is 3.04. The number of nitrogens with one attached hydrogen (secondary N) is 1. The molecule has 4 nitrogen and oxygen atoms in total. The lowest BCUT2D eigenvalue weighted by molar-refractivity contribution is 0.415. The number of nitrogens with zero attached hydrogens (tertiary/aromatic N) is 1. The van der Waals surface area contributed by atoms with Crippen molar-refractivity contribution in [3.8, 4) is 5.75 Å². The van der Waals surface area contributed by atoms with Crippen molar-refractivity contribution >= 4 is 11.6 Å². The maximum absolute atomic E-state index is 5.88. The molecule has 3 N–H and O–H groups in total. The molecule has 0 amide bonds. The zero-order valence-electron chi connectivity index (χ0n) is 11.8. The van der Waals surface area contributed by atoms with Gasteiger partial charge in [0, 0.05) is 5.69 Å². The minimum absolute atomic E-state index is 0.401. The quantitative estimate of drug-likeness (QED) is 0.662. The lowest BCUT2D eigenvalue weighted by Crippen LogP contribution is -2.22. The third kappa shape index (κ3) is 3.75. The number of aryl methyl sites for hydroxylation is 1. The first-order chi connectivity index (χ1) is 9.69. The van der Waals surface area contributed by atoms with Crippen LogP contribution in [0.3, 0.4) is 0 Å². The van der Waals surface area contributed by atoms with Crippen LogP contribution in [0.2, 0.25) is 0 Å². The Hall–Kier alpha value is -2.49. The van der Waals surface area contributed by atoms with Gasteiger partial charge in [0.1, 0.15) is 5.75 Å². The molecule has 20 heavy (non-hydrogen) atoms. The molecule has 0 saturated carbocycles. The second-order valence-corrected chi connectivity index (χ2v) is 4.48. The molecule has 2 aromatic rings. The predicted molar refractivity (Wildman–Crippen MR) is 83.1 cm³/mol. The summed E-state index contributed by atoms with van der Waals surface area (Å²) in [4.78, 5) is 4.35. The first-order valence-corrected chi connectivity index (χ1v) is 6.44. The number of hydrogen-bond acceptors (Lipinski definition) is 2. The Balaban J connectivity index is 1.98. The van der Waals surface area contributed by atoms with Crippen LogP contribution in [-0.4, -0.2) is 13.1 Å². The maximum atomic E-state index is 5.88. The molecule has 0 saturated heterocycles. The summed E-state index contributed by atoms with van der Waals surface area (Å²) in [7, 11) is 1.64. The van der Waals surface area contributed by atoms with E-state index in [1.807, 2.05) is 36.4 Å². The topological polar surface area (TPSA) is 59.6 Å². The molecule has 0 radical (unpaired) electrons. The first kappa shape index (κ1) is 13.9. The van der Waals surface area contributed by atoms with Crippen molar-refractivity contribution in [2.75, 3.05) is 12.4 Å². The molecule has 0 atom stereocenters. The number of anilines is 1. The van der Waals surface area contributed by atoms with Crippen LogP contribution in [0.4, 0.5) is 5.69 Å². The lowest BCUT2D eigenvalue weighted by Gasteiger charge is -2.07. The van der Waals surface area contributed by atoms with E-state index in [1.54, 1.807) is 7.11 Å². The van der Waals surface area contributed by atoms with Gasteiger partial charge in [-0.05, 0) is 42.3 Å². The average molecular weight is 269 g/mol. The Morgan fingerprint density at radius 1 is 1.15 bits per heavy atom. The van der Waals surface area contributed by atoms with Gasteiger partial charge in [-0.1, -0.05) is 24.3 Å². The van der Waals surface area contributed by atoms with Gasteiger partial charge in [0.25, 0.3) is 0 Å². The van der Waals surface area contributed by atoms with Crippen molar-refractivity contribution in [3.63, 3.8) is 0 Å². The minimum atomic E-state index is 0.401. The molecular formula is C16H19N3O. The third-order valence-corrected chi connectivity index (χ3v) is 3.04. The van der Waals surface area contributed by atoms with Gasteiger partial charge in [-0.2, -0.15) is 0 Å². The van der Waals surface area contributed by atoms with Crippen LogP contribution in [0.1, 0.15) is 11.1 Å². The fourth-order valence-corrected chi connectivity index (χ4v) is 1.82. The number of guanidine groups is 1. The molecule has 0 bridgehead atoms. The highest BCUT2D eigenvalue weighted by molar-refractivity contribution is 5.92. The van der Waals surface area contributed by atoms with Gasteiger partial charge in [-0.15, -0.1) is 0 Å². The molecule has 0 spiro atoms. The molecule has 0 aliphatic rings. The molecule has 104 valence electrons. The van der Waals surface area contributed by atoms with E-state index in [9.17, 15) is 0 Å². The van der Waals surface area contributed by atoms with Crippen molar-refractivity contribution in [2.45, 2.75) is 13.5 Å². The average Bonchev–Trinajstić information content (AvgIpc) is 2.47. The van der Waals surface area contributed by atoms with Crippen LogP contribution in [0.15, 0.2) is 53.5 Å². The molecule has 0 heterocycles. The van der Waals surface area contributed by atoms with Gasteiger partial charge in [0.15, 0.2) is 5.96 Å². The van der Waals surface area contributed by atoms with Gasteiger partial charge in [-0.3, -0.25) is 0 Å². The number of hydrogen-bond donors (Lipinski definition) is 2. The number of nitrogens with two attached hydrogens (primary N) is 1. The van der Waals surface area contributed by atoms with Crippen LogP contribution in [0.5, 0.6) is 5.75 Å². The van der Waals surface area contributed by atoms with Gasteiger partial charge < -0.3 is 15.8 Å². The fraction of sp³-hybridized carbons (Fsp3) is 0.188. The van der Waals surface area contributed by atoms with Crippen molar-refractivity contribution in [3.05, 3.63) is 59.7 Å². The maximum Gasteiger partial charge on any atom is 0.193 e. The summed E-state index contributed by atoms with van der Waals surface area (Å²) >= 11 is 0. The molecule has 4 heteroatoms. The smallest absolute Gasteiger partial charge is 0.193 e. The van der Waals surface area contributed by atoms with Gasteiger partial charge in [0.2, 0.25) is 0 Å². The second kappa shape index (κ2) is 6.61. The van der Waals surface area contributed by atoms with Crippen LogP contribution >= 0.6 is 0 Å². The molecule has 2 aromatic carbocycles. The Morgan fingerprint density at radius 3 is 2.50 bits per heavy atom. The van der Waals surface area contributed by atoms with E-state index in [-0.39, 0.29) is 0 Å². The molecular weight excluding hydrogens is 250 g/mol. The van der Waals surface area contributed by atoms with E-state index in [1.165, 1.54) is 11.1 Å². The van der Waals surface area contributed by atoms with E-state index in [4.69, 9.17) is 10.5 Å². The predicted octanol–water partition coefficient (Wildman–Crippen LogP) is 2.93. The molecule has 0 aliphatic heterocycles. The van der Waals surface area contributed by atoms with E-state index in [0.29, 0.717) is 12.5 Å². The van der Waals surface area contributed by atoms with E-state index in [2.05, 4.69) is 29.4 Å². The summed E-state index contributed by atoms with van der Waals surface area (Å²) in [5, 5.41) is 3.06. The molecule has 0 aromatic heterocycles. The van der Waals surface area contributed by atoms with Crippen LogP contribution in [0, 0.1) is 6.92 Å². The Morgan fingerprint density at radius 2 is 1.85 bits per heavy atom. The van der Waals surface area contributed by atoms with Crippen molar-refractivity contribution in [1.29, 1.82) is 0 Å². The number of rotatable bonds is 4. The number of benzene rings is 2. The highest BCUT2D eigenvalue weighted by atomic mass is 16.5. The van der Waals surface area contributed by atoms with Crippen LogP contribution in [-0.2, 0) is 6.54 Å². The van der Waals surface area contributed by atoms with Crippen molar-refractivity contribution < 1.29 is 4.74 Å². The summed E-state index contributed by atoms with van der Waals surface area (Å²) in [5.41, 5.74) is 9.16. The molecule has 0 aliphatic carbocycles. The van der Waals surface area contributed by atoms with Crippen LogP contribution < -0.4 is 15.8 Å². The Kier molecular flexibility index (Phi) is 4.60. The first-order valence-electron chi connectivity index (χ1n) is 6.44. The van der Waals surface area contributed by atoms with E-state index in [0.717, 1.165) is 11.4 Å². The lowest BCUT2D eigenvalue weighted by atomic mass is 10.1. The summed E-state index contributed by atoms with van der Waals surface area (Å²) in [5.74, 6) is 1.21. The van der Waals surface area contributed by atoms with Gasteiger partial charge >= 0.3 is 0 Å². The number of aliphatic imine (C=N–C) groups is 1. The highest BCUT2D eigenvalue weighted by Crippen LogP contribution is 2.14. The van der Waals surface area contributed by atoms with E-state index < -0.39 is 0 Å². The summed E-state index contributed by atoms with van der Waals surface area (Å²) in [6.07, 6.45) is 0. The largest absolute Gasteiger partial charge is 0.497 e. The van der Waals surface area contributed by atoms with Crippen LogP contribution in [0.25, 0.3) is 0 Å². The monoisotopic (exact) mass is 269 g/mol. The Labute approximate surface area is 119 Å². The highest BCUT2D eigenvalue weighted by Gasteiger charge is 1.98. The summed E-state index contributed by atoms with van der Waals surface area (Å²) in [6.45, 7) is 2.64. The van der Waals surface area contributed by atoms with Crippen molar-refractivity contribution in [2.24, 2.45) is 10.7 Å². The summed E-state index contributed by atoms with van der Waals surface area (Å²) < 4.78 is 5.10. The SMILES string of the molecule is COc1ccc(NC(N)=NCc2ccccc2C)cc1. The normalized spacial score (nSPS) is 11.2.